The number of phenols is 1. The Morgan fingerprint density at radius 1 is 1.03 bits per heavy atom. The molecule has 10 heteroatoms. The minimum atomic E-state index is -3.20. The fraction of sp³-hybridized carbons (Fsp3) is 0.381. The Hall–Kier alpha value is -2.72. The quantitative estimate of drug-likeness (QED) is 0.664. The minimum absolute atomic E-state index is 0.253. The van der Waals surface area contributed by atoms with Gasteiger partial charge in [-0.05, 0) is 31.0 Å². The lowest BCUT2D eigenvalue weighted by Crippen LogP contribution is -2.48. The maximum Gasteiger partial charge on any atom is 0.211 e. The number of phenolic OH excluding ortho intramolecular Hbond substituents is 1. The highest BCUT2D eigenvalue weighted by Crippen LogP contribution is 2.44. The number of aromatic hydroxyl groups is 1. The average molecular weight is 448 g/mol. The number of hydrogen-bond donors (Lipinski definition) is 1. The highest BCUT2D eigenvalue weighted by atomic mass is 32.2. The monoisotopic (exact) mass is 448 g/mol. The van der Waals surface area contributed by atoms with Crippen molar-refractivity contribution in [2.75, 3.05) is 37.3 Å². The van der Waals surface area contributed by atoms with Crippen LogP contribution in [0.5, 0.6) is 5.75 Å². The molecule has 2 fully saturated rings. The van der Waals surface area contributed by atoms with Crippen molar-refractivity contribution in [1.82, 2.24) is 14.1 Å². The number of halogens is 2. The SMILES string of the molecule is CS(=O)(=O)N1CCN(c2ccc3c(c2)c(C2CC2)nn3-c2cc(O)c(F)c(F)c2)CC1. The summed E-state index contributed by atoms with van der Waals surface area (Å²) in [5.41, 5.74) is 2.86. The van der Waals surface area contributed by atoms with Crippen molar-refractivity contribution < 1.29 is 22.3 Å². The zero-order valence-corrected chi connectivity index (χ0v) is 17.7. The highest BCUT2D eigenvalue weighted by Gasteiger charge is 2.30. The van der Waals surface area contributed by atoms with Gasteiger partial charge in [0.25, 0.3) is 0 Å². The van der Waals surface area contributed by atoms with Crippen molar-refractivity contribution in [2.24, 2.45) is 0 Å². The third kappa shape index (κ3) is 3.63. The Kier molecular flexibility index (Phi) is 4.67. The van der Waals surface area contributed by atoms with Crippen molar-refractivity contribution in [3.05, 3.63) is 47.7 Å². The summed E-state index contributed by atoms with van der Waals surface area (Å²) in [6.07, 6.45) is 3.26. The number of rotatable bonds is 4. The van der Waals surface area contributed by atoms with E-state index in [2.05, 4.69) is 10.00 Å². The summed E-state index contributed by atoms with van der Waals surface area (Å²) in [6, 6.07) is 8.02. The van der Waals surface area contributed by atoms with Crippen molar-refractivity contribution in [2.45, 2.75) is 18.8 Å². The van der Waals surface area contributed by atoms with E-state index >= 15 is 0 Å². The van der Waals surface area contributed by atoms with Gasteiger partial charge >= 0.3 is 0 Å². The lowest BCUT2D eigenvalue weighted by atomic mass is 10.1. The van der Waals surface area contributed by atoms with E-state index in [1.54, 1.807) is 0 Å². The van der Waals surface area contributed by atoms with Crippen LogP contribution in [0.4, 0.5) is 14.5 Å². The van der Waals surface area contributed by atoms with Crippen molar-refractivity contribution >= 4 is 26.6 Å². The predicted octanol–water partition coefficient (Wildman–Crippen LogP) is 2.97. The molecule has 5 rings (SSSR count). The molecule has 0 bridgehead atoms. The number of benzene rings is 2. The first-order valence-corrected chi connectivity index (χ1v) is 12.0. The van der Waals surface area contributed by atoms with E-state index in [-0.39, 0.29) is 5.69 Å². The molecule has 1 N–H and O–H groups in total. The van der Waals surface area contributed by atoms with Gasteiger partial charge < -0.3 is 10.0 Å². The summed E-state index contributed by atoms with van der Waals surface area (Å²) >= 11 is 0. The number of fused-ring (bicyclic) bond motifs is 1. The zero-order chi connectivity index (χ0) is 21.9. The smallest absolute Gasteiger partial charge is 0.211 e. The Morgan fingerprint density at radius 2 is 1.74 bits per heavy atom. The van der Waals surface area contributed by atoms with Crippen molar-refractivity contribution in [1.29, 1.82) is 0 Å². The highest BCUT2D eigenvalue weighted by molar-refractivity contribution is 7.88. The van der Waals surface area contributed by atoms with Crippen LogP contribution in [0.1, 0.15) is 24.5 Å². The van der Waals surface area contributed by atoms with Gasteiger partial charge in [-0.1, -0.05) is 0 Å². The molecule has 0 radical (unpaired) electrons. The minimum Gasteiger partial charge on any atom is -0.505 e. The van der Waals surface area contributed by atoms with Crippen molar-refractivity contribution in [3.8, 4) is 11.4 Å². The average Bonchev–Trinajstić information content (AvgIpc) is 3.51. The van der Waals surface area contributed by atoms with Crippen LogP contribution in [-0.2, 0) is 10.0 Å². The fourth-order valence-electron chi connectivity index (χ4n) is 4.14. The molecule has 2 aromatic carbocycles. The Balaban J connectivity index is 1.53. The number of aromatic nitrogens is 2. The summed E-state index contributed by atoms with van der Waals surface area (Å²) in [6.45, 7) is 2.03. The zero-order valence-electron chi connectivity index (χ0n) is 16.9. The summed E-state index contributed by atoms with van der Waals surface area (Å²) in [5.74, 6) is -2.85. The topological polar surface area (TPSA) is 78.7 Å². The van der Waals surface area contributed by atoms with Crippen LogP contribution in [0.25, 0.3) is 16.6 Å². The van der Waals surface area contributed by atoms with E-state index in [0.717, 1.165) is 41.2 Å². The van der Waals surface area contributed by atoms with Crippen molar-refractivity contribution in [3.63, 3.8) is 0 Å². The fourth-order valence-corrected chi connectivity index (χ4v) is 4.97. The lowest BCUT2D eigenvalue weighted by molar-refractivity contribution is 0.388. The molecule has 0 unspecified atom stereocenters. The van der Waals surface area contributed by atoms with Gasteiger partial charge in [-0.2, -0.15) is 13.8 Å². The number of piperazine rings is 1. The van der Waals surface area contributed by atoms with E-state index in [9.17, 15) is 22.3 Å². The van der Waals surface area contributed by atoms with E-state index in [1.165, 1.54) is 21.3 Å². The molecule has 1 saturated heterocycles. The molecular weight excluding hydrogens is 426 g/mol. The molecule has 164 valence electrons. The maximum atomic E-state index is 13.9. The Labute approximate surface area is 178 Å². The summed E-state index contributed by atoms with van der Waals surface area (Å²) in [5, 5.41) is 15.3. The van der Waals surface area contributed by atoms with Crippen LogP contribution in [0.3, 0.4) is 0 Å². The molecule has 3 aromatic rings. The molecule has 1 aliphatic heterocycles. The van der Waals surface area contributed by atoms with Crippen LogP contribution < -0.4 is 4.90 Å². The van der Waals surface area contributed by atoms with E-state index in [4.69, 9.17) is 0 Å². The van der Waals surface area contributed by atoms with Gasteiger partial charge in [-0.3, -0.25) is 0 Å². The number of sulfonamides is 1. The summed E-state index contributed by atoms with van der Waals surface area (Å²) < 4.78 is 54.0. The van der Waals surface area contributed by atoms with Crippen LogP contribution >= 0.6 is 0 Å². The van der Waals surface area contributed by atoms with Gasteiger partial charge in [-0.15, -0.1) is 0 Å². The number of nitrogens with zero attached hydrogens (tertiary/aromatic N) is 4. The summed E-state index contributed by atoms with van der Waals surface area (Å²) in [4.78, 5) is 2.14. The van der Waals surface area contributed by atoms with E-state index < -0.39 is 27.4 Å². The maximum absolute atomic E-state index is 13.9. The summed E-state index contributed by atoms with van der Waals surface area (Å²) in [7, 11) is -3.20. The second-order valence-electron chi connectivity index (χ2n) is 8.18. The molecule has 2 aliphatic rings. The van der Waals surface area contributed by atoms with Gasteiger partial charge in [0, 0.05) is 55.3 Å². The first kappa shape index (κ1) is 20.2. The first-order chi connectivity index (χ1) is 14.7. The predicted molar refractivity (Wildman–Crippen MR) is 113 cm³/mol. The lowest BCUT2D eigenvalue weighted by Gasteiger charge is -2.34. The molecule has 31 heavy (non-hydrogen) atoms. The Morgan fingerprint density at radius 3 is 2.35 bits per heavy atom. The molecule has 0 atom stereocenters. The normalized spacial score (nSPS) is 18.1. The third-order valence-corrected chi connectivity index (χ3v) is 7.27. The molecule has 7 nitrogen and oxygen atoms in total. The largest absolute Gasteiger partial charge is 0.505 e. The van der Waals surface area contributed by atoms with Gasteiger partial charge in [0.2, 0.25) is 10.0 Å². The first-order valence-electron chi connectivity index (χ1n) is 10.1. The van der Waals surface area contributed by atoms with Gasteiger partial charge in [-0.25, -0.2) is 17.5 Å². The van der Waals surface area contributed by atoms with Crippen LogP contribution in [0.15, 0.2) is 30.3 Å². The van der Waals surface area contributed by atoms with Gasteiger partial charge in [0.05, 0.1) is 23.2 Å². The number of anilines is 1. The van der Waals surface area contributed by atoms with E-state index in [0.29, 0.717) is 32.1 Å². The molecule has 0 amide bonds. The second-order valence-corrected chi connectivity index (χ2v) is 10.2. The van der Waals surface area contributed by atoms with E-state index in [1.807, 2.05) is 18.2 Å². The molecular formula is C21H22F2N4O3S. The Bertz CT molecular complexity index is 1260. The molecule has 1 aliphatic carbocycles. The number of hydrogen-bond acceptors (Lipinski definition) is 5. The van der Waals surface area contributed by atoms with Gasteiger partial charge in [0.15, 0.2) is 17.4 Å². The molecule has 0 spiro atoms. The second kappa shape index (κ2) is 7.16. The molecule has 2 heterocycles. The van der Waals surface area contributed by atoms with Crippen LogP contribution in [0.2, 0.25) is 0 Å². The van der Waals surface area contributed by atoms with Crippen LogP contribution in [-0.4, -0.2) is 60.0 Å². The van der Waals surface area contributed by atoms with Crippen LogP contribution in [0, 0.1) is 11.6 Å². The molecule has 1 aromatic heterocycles. The molecule has 1 saturated carbocycles. The third-order valence-electron chi connectivity index (χ3n) is 5.97. The standard InChI is InChI=1S/C21H22F2N4O3S/c1-31(29,30)26-8-6-25(7-9-26)14-4-5-18-16(10-14)21(13-2-3-13)24-27(18)15-11-17(22)20(23)19(28)12-15/h4-5,10-13,28H,2-3,6-9H2,1H3. The van der Waals surface area contributed by atoms with Gasteiger partial charge in [0.1, 0.15) is 0 Å².